The summed E-state index contributed by atoms with van der Waals surface area (Å²) in [4.78, 5) is 21.8. The van der Waals surface area contributed by atoms with Crippen molar-refractivity contribution in [3.05, 3.63) is 0 Å². The molecule has 0 rings (SSSR count). The summed E-state index contributed by atoms with van der Waals surface area (Å²) in [7, 11) is 0. The highest BCUT2D eigenvalue weighted by molar-refractivity contribution is 5.85. The fraction of sp³-hybridized carbons (Fsp3) is 0.778. The summed E-state index contributed by atoms with van der Waals surface area (Å²) in [6.07, 6.45) is 0. The van der Waals surface area contributed by atoms with E-state index in [-0.39, 0.29) is 42.7 Å². The Bertz CT molecular complexity index is 214. The van der Waals surface area contributed by atoms with Gasteiger partial charge in [0, 0.05) is 6.54 Å². The largest absolute Gasteiger partial charge is 0.354 e. The van der Waals surface area contributed by atoms with E-state index in [4.69, 9.17) is 5.73 Å². The zero-order valence-electron chi connectivity index (χ0n) is 9.42. The molecule has 0 heterocycles. The summed E-state index contributed by atoms with van der Waals surface area (Å²) in [5.41, 5.74) is 5.11. The van der Waals surface area contributed by atoms with E-state index in [0.29, 0.717) is 6.54 Å². The molecular weight excluding hydrogens is 218 g/mol. The standard InChI is InChI=1S/C9H19N3O2.ClH/c1-9(2,3)6-12-8(14)5-11-7(13)4-10;/h4-6,10H2,1-3H3,(H,11,13)(H,12,14);1H. The molecule has 0 saturated carbocycles. The Morgan fingerprint density at radius 2 is 1.67 bits per heavy atom. The fourth-order valence-electron chi connectivity index (χ4n) is 0.677. The summed E-state index contributed by atoms with van der Waals surface area (Å²) in [5, 5.41) is 5.10. The minimum Gasteiger partial charge on any atom is -0.354 e. The molecule has 5 nitrogen and oxygen atoms in total. The van der Waals surface area contributed by atoms with Gasteiger partial charge in [-0.25, -0.2) is 0 Å². The molecule has 0 aromatic rings. The Labute approximate surface area is 96.6 Å². The van der Waals surface area contributed by atoms with Gasteiger partial charge in [-0.15, -0.1) is 12.4 Å². The molecule has 0 aromatic carbocycles. The van der Waals surface area contributed by atoms with Crippen LogP contribution in [0.4, 0.5) is 0 Å². The first-order valence-electron chi connectivity index (χ1n) is 4.58. The molecule has 15 heavy (non-hydrogen) atoms. The first-order valence-corrected chi connectivity index (χ1v) is 4.58. The van der Waals surface area contributed by atoms with Crippen molar-refractivity contribution in [1.29, 1.82) is 0 Å². The van der Waals surface area contributed by atoms with Crippen molar-refractivity contribution in [2.24, 2.45) is 11.1 Å². The van der Waals surface area contributed by atoms with Crippen LogP contribution in [0.5, 0.6) is 0 Å². The average Bonchev–Trinajstić information content (AvgIpc) is 2.09. The van der Waals surface area contributed by atoms with Gasteiger partial charge in [0.2, 0.25) is 11.8 Å². The zero-order chi connectivity index (χ0) is 11.2. The van der Waals surface area contributed by atoms with E-state index < -0.39 is 0 Å². The fourth-order valence-corrected chi connectivity index (χ4v) is 0.677. The predicted molar refractivity (Wildman–Crippen MR) is 61.8 cm³/mol. The monoisotopic (exact) mass is 237 g/mol. The SMILES string of the molecule is CC(C)(C)CNC(=O)CNC(=O)CN.Cl. The molecule has 0 radical (unpaired) electrons. The second-order valence-corrected chi connectivity index (χ2v) is 4.32. The molecule has 2 amide bonds. The maximum absolute atomic E-state index is 11.1. The van der Waals surface area contributed by atoms with Gasteiger partial charge in [0.25, 0.3) is 0 Å². The molecule has 0 aliphatic heterocycles. The molecule has 0 bridgehead atoms. The van der Waals surface area contributed by atoms with E-state index in [0.717, 1.165) is 0 Å². The number of halogens is 1. The van der Waals surface area contributed by atoms with Crippen molar-refractivity contribution in [3.8, 4) is 0 Å². The minimum atomic E-state index is -0.323. The second kappa shape index (κ2) is 7.48. The Hall–Kier alpha value is -0.810. The van der Waals surface area contributed by atoms with Crippen LogP contribution in [-0.4, -0.2) is 31.4 Å². The van der Waals surface area contributed by atoms with Crippen molar-refractivity contribution in [1.82, 2.24) is 10.6 Å². The summed E-state index contributed by atoms with van der Waals surface area (Å²) in [5.74, 6) is -0.516. The van der Waals surface area contributed by atoms with Crippen molar-refractivity contribution >= 4 is 24.2 Å². The quantitative estimate of drug-likeness (QED) is 0.625. The second-order valence-electron chi connectivity index (χ2n) is 4.32. The number of nitrogens with one attached hydrogen (secondary N) is 2. The summed E-state index contributed by atoms with van der Waals surface area (Å²) in [6.45, 7) is 6.55. The van der Waals surface area contributed by atoms with Gasteiger partial charge in [-0.2, -0.15) is 0 Å². The Balaban J connectivity index is 0. The normalized spacial score (nSPS) is 10.1. The summed E-state index contributed by atoms with van der Waals surface area (Å²) >= 11 is 0. The highest BCUT2D eigenvalue weighted by Crippen LogP contribution is 2.09. The maximum Gasteiger partial charge on any atom is 0.239 e. The highest BCUT2D eigenvalue weighted by atomic mass is 35.5. The number of amides is 2. The third kappa shape index (κ3) is 11.1. The van der Waals surface area contributed by atoms with E-state index in [1.165, 1.54) is 0 Å². The van der Waals surface area contributed by atoms with Gasteiger partial charge in [0.1, 0.15) is 0 Å². The van der Waals surface area contributed by atoms with Crippen LogP contribution < -0.4 is 16.4 Å². The van der Waals surface area contributed by atoms with Crippen LogP contribution in [-0.2, 0) is 9.59 Å². The van der Waals surface area contributed by atoms with Crippen molar-refractivity contribution < 1.29 is 9.59 Å². The van der Waals surface area contributed by atoms with E-state index in [1.807, 2.05) is 20.8 Å². The summed E-state index contributed by atoms with van der Waals surface area (Å²) in [6, 6.07) is 0. The van der Waals surface area contributed by atoms with Crippen LogP contribution in [0.3, 0.4) is 0 Å². The van der Waals surface area contributed by atoms with Crippen molar-refractivity contribution in [3.63, 3.8) is 0 Å². The third-order valence-corrected chi connectivity index (χ3v) is 1.45. The van der Waals surface area contributed by atoms with Crippen molar-refractivity contribution in [2.45, 2.75) is 20.8 Å². The average molecular weight is 238 g/mol. The number of hydrogen-bond acceptors (Lipinski definition) is 3. The Morgan fingerprint density at radius 3 is 2.07 bits per heavy atom. The number of carbonyl (C=O) groups is 2. The summed E-state index contributed by atoms with van der Waals surface area (Å²) < 4.78 is 0. The molecule has 0 unspecified atom stereocenters. The van der Waals surface area contributed by atoms with E-state index >= 15 is 0 Å². The molecule has 0 atom stereocenters. The molecule has 0 aliphatic carbocycles. The van der Waals surface area contributed by atoms with Crippen LogP contribution in [0.25, 0.3) is 0 Å². The van der Waals surface area contributed by atoms with Gasteiger partial charge in [-0.05, 0) is 5.41 Å². The molecule has 0 saturated heterocycles. The van der Waals surface area contributed by atoms with Gasteiger partial charge in [0.15, 0.2) is 0 Å². The van der Waals surface area contributed by atoms with Crippen molar-refractivity contribution in [2.75, 3.05) is 19.6 Å². The number of carbonyl (C=O) groups excluding carboxylic acids is 2. The third-order valence-electron chi connectivity index (χ3n) is 1.45. The molecule has 90 valence electrons. The molecule has 0 spiro atoms. The van der Waals surface area contributed by atoms with Gasteiger partial charge < -0.3 is 16.4 Å². The number of rotatable bonds is 4. The molecular formula is C9H20ClN3O2. The molecule has 6 heteroatoms. The molecule has 4 N–H and O–H groups in total. The number of hydrogen-bond donors (Lipinski definition) is 3. The highest BCUT2D eigenvalue weighted by Gasteiger charge is 2.11. The zero-order valence-corrected chi connectivity index (χ0v) is 10.2. The van der Waals surface area contributed by atoms with Crippen LogP contribution in [0.15, 0.2) is 0 Å². The lowest BCUT2D eigenvalue weighted by atomic mass is 9.97. The van der Waals surface area contributed by atoms with Gasteiger partial charge in [-0.3, -0.25) is 9.59 Å². The topological polar surface area (TPSA) is 84.2 Å². The first-order chi connectivity index (χ1) is 6.35. The molecule has 0 fully saturated rings. The lowest BCUT2D eigenvalue weighted by molar-refractivity contribution is -0.125. The lowest BCUT2D eigenvalue weighted by Gasteiger charge is -2.18. The Kier molecular flexibility index (Phi) is 8.28. The molecule has 0 aliphatic rings. The predicted octanol–water partition coefficient (Wildman–Crippen LogP) is -0.355. The van der Waals surface area contributed by atoms with E-state index in [1.54, 1.807) is 0 Å². The smallest absolute Gasteiger partial charge is 0.239 e. The van der Waals surface area contributed by atoms with Crippen LogP contribution in [0.2, 0.25) is 0 Å². The maximum atomic E-state index is 11.1. The van der Waals surface area contributed by atoms with Crippen LogP contribution in [0.1, 0.15) is 20.8 Å². The van der Waals surface area contributed by atoms with Crippen LogP contribution in [0, 0.1) is 5.41 Å². The number of nitrogens with two attached hydrogens (primary N) is 1. The van der Waals surface area contributed by atoms with E-state index in [2.05, 4.69) is 10.6 Å². The van der Waals surface area contributed by atoms with Gasteiger partial charge in [0.05, 0.1) is 13.1 Å². The minimum absolute atomic E-state index is 0. The lowest BCUT2D eigenvalue weighted by Crippen LogP contribution is -2.41. The first kappa shape index (κ1) is 16.6. The van der Waals surface area contributed by atoms with Gasteiger partial charge >= 0.3 is 0 Å². The van der Waals surface area contributed by atoms with E-state index in [9.17, 15) is 9.59 Å². The molecule has 0 aromatic heterocycles. The van der Waals surface area contributed by atoms with Crippen LogP contribution >= 0.6 is 12.4 Å². The Morgan fingerprint density at radius 1 is 1.13 bits per heavy atom. The van der Waals surface area contributed by atoms with Gasteiger partial charge in [-0.1, -0.05) is 20.8 Å².